The Balaban J connectivity index is 0.000000921. The van der Waals surface area contributed by atoms with E-state index in [9.17, 15) is 9.32 Å². The number of esters is 1. The van der Waals surface area contributed by atoms with Crippen molar-refractivity contribution in [2.45, 2.75) is 27.4 Å². The molecule has 0 bridgehead atoms. The molecule has 84 valence electrons. The van der Waals surface area contributed by atoms with E-state index in [4.69, 9.17) is 4.74 Å². The van der Waals surface area contributed by atoms with Crippen LogP contribution >= 0.6 is 0 Å². The molecule has 0 aromatic heterocycles. The number of ether oxygens (including phenoxy) is 1. The summed E-state index contributed by atoms with van der Waals surface area (Å²) in [5.74, 6) is -0.211. The fourth-order valence-corrected chi connectivity index (χ4v) is 0.822. The van der Waals surface area contributed by atoms with Gasteiger partial charge in [0.15, 0.2) is 5.75 Å². The summed E-state index contributed by atoms with van der Waals surface area (Å²) in [7, 11) is 0. The van der Waals surface area contributed by atoms with Gasteiger partial charge in [-0.05, 0) is 17.7 Å². The zero-order valence-corrected chi connectivity index (χ0v) is 9.12. The van der Waals surface area contributed by atoms with Gasteiger partial charge in [-0.3, -0.25) is 9.74 Å². The van der Waals surface area contributed by atoms with Gasteiger partial charge in [0.25, 0.3) is 0 Å². The minimum Gasteiger partial charge on any atom is -0.461 e. The number of halogens is 1. The summed E-state index contributed by atoms with van der Waals surface area (Å²) in [6, 6.07) is 6.16. The topological polar surface area (TPSA) is 35.5 Å². The van der Waals surface area contributed by atoms with Gasteiger partial charge < -0.3 is 4.74 Å². The van der Waals surface area contributed by atoms with Crippen molar-refractivity contribution in [1.82, 2.24) is 0 Å². The molecule has 0 amide bonds. The molecule has 0 aliphatic rings. The van der Waals surface area contributed by atoms with Crippen LogP contribution in [0.4, 0.5) is 4.53 Å². The SMILES string of the molecule is CC.CC(=O)OCc1ccc(OF)cc1. The van der Waals surface area contributed by atoms with E-state index in [0.717, 1.165) is 5.56 Å². The van der Waals surface area contributed by atoms with E-state index in [1.807, 2.05) is 13.8 Å². The van der Waals surface area contributed by atoms with Gasteiger partial charge in [0.1, 0.15) is 6.61 Å². The minimum absolute atomic E-state index is 0.131. The lowest BCUT2D eigenvalue weighted by Gasteiger charge is -2.01. The van der Waals surface area contributed by atoms with E-state index in [2.05, 4.69) is 4.94 Å². The third-order valence-electron chi connectivity index (χ3n) is 1.45. The Kier molecular flexibility index (Phi) is 6.97. The van der Waals surface area contributed by atoms with Crippen LogP contribution < -0.4 is 4.94 Å². The molecule has 0 radical (unpaired) electrons. The van der Waals surface area contributed by atoms with Crippen LogP contribution in [0.5, 0.6) is 5.75 Å². The monoisotopic (exact) mass is 214 g/mol. The van der Waals surface area contributed by atoms with Crippen molar-refractivity contribution in [1.29, 1.82) is 0 Å². The summed E-state index contributed by atoms with van der Waals surface area (Å²) < 4.78 is 16.3. The molecule has 4 heteroatoms. The standard InChI is InChI=1S/C9H9FO3.C2H6/c1-7(11)12-6-8-2-4-9(13-10)5-3-8;1-2/h2-5H,6H2,1H3;1-2H3. The van der Waals surface area contributed by atoms with E-state index in [1.165, 1.54) is 19.1 Å². The molecule has 1 aromatic rings. The summed E-state index contributed by atoms with van der Waals surface area (Å²) >= 11 is 0. The van der Waals surface area contributed by atoms with Crippen LogP contribution in [-0.2, 0) is 16.1 Å². The molecule has 15 heavy (non-hydrogen) atoms. The first-order valence-corrected chi connectivity index (χ1v) is 4.73. The highest BCUT2D eigenvalue weighted by atomic mass is 19.3. The Morgan fingerprint density at radius 1 is 1.27 bits per heavy atom. The van der Waals surface area contributed by atoms with Crippen LogP contribution in [0, 0.1) is 0 Å². The van der Waals surface area contributed by atoms with Crippen molar-refractivity contribution in [2.75, 3.05) is 0 Å². The first-order valence-electron chi connectivity index (χ1n) is 4.73. The average Bonchev–Trinajstić information content (AvgIpc) is 2.30. The van der Waals surface area contributed by atoms with Gasteiger partial charge in [0.05, 0.1) is 0 Å². The molecule has 1 aromatic carbocycles. The lowest BCUT2D eigenvalue weighted by atomic mass is 10.2. The molecular formula is C11H15FO3. The highest BCUT2D eigenvalue weighted by molar-refractivity contribution is 5.65. The van der Waals surface area contributed by atoms with Gasteiger partial charge in [0.2, 0.25) is 0 Å². The van der Waals surface area contributed by atoms with Gasteiger partial charge in [-0.1, -0.05) is 26.0 Å². The smallest absolute Gasteiger partial charge is 0.302 e. The van der Waals surface area contributed by atoms with Crippen molar-refractivity contribution in [3.8, 4) is 5.75 Å². The zero-order valence-electron chi connectivity index (χ0n) is 9.12. The van der Waals surface area contributed by atoms with Crippen molar-refractivity contribution in [3.63, 3.8) is 0 Å². The van der Waals surface area contributed by atoms with Crippen molar-refractivity contribution < 1.29 is 19.0 Å². The molecule has 3 nitrogen and oxygen atoms in total. The molecule has 0 aliphatic carbocycles. The molecule has 0 aliphatic heterocycles. The normalized spacial score (nSPS) is 8.53. The molecule has 0 N–H and O–H groups in total. The molecule has 0 heterocycles. The lowest BCUT2D eigenvalue weighted by Crippen LogP contribution is -1.98. The van der Waals surface area contributed by atoms with E-state index in [1.54, 1.807) is 12.1 Å². The Hall–Kier alpha value is -1.58. The van der Waals surface area contributed by atoms with Crippen molar-refractivity contribution in [3.05, 3.63) is 29.8 Å². The van der Waals surface area contributed by atoms with E-state index >= 15 is 0 Å². The predicted molar refractivity (Wildman–Crippen MR) is 55.0 cm³/mol. The quantitative estimate of drug-likeness (QED) is 0.725. The summed E-state index contributed by atoms with van der Waals surface area (Å²) in [5.41, 5.74) is 0.788. The lowest BCUT2D eigenvalue weighted by molar-refractivity contribution is -0.142. The van der Waals surface area contributed by atoms with Gasteiger partial charge in [0, 0.05) is 11.4 Å². The van der Waals surface area contributed by atoms with Crippen LogP contribution in [0.3, 0.4) is 0 Å². The van der Waals surface area contributed by atoms with Crippen molar-refractivity contribution in [2.24, 2.45) is 0 Å². The molecule has 0 fully saturated rings. The van der Waals surface area contributed by atoms with Gasteiger partial charge in [-0.2, -0.15) is 0 Å². The van der Waals surface area contributed by atoms with E-state index in [-0.39, 0.29) is 18.3 Å². The van der Waals surface area contributed by atoms with E-state index in [0.29, 0.717) is 0 Å². The van der Waals surface area contributed by atoms with Crippen LogP contribution in [0.2, 0.25) is 0 Å². The molecule has 1 rings (SSSR count). The van der Waals surface area contributed by atoms with Gasteiger partial charge in [-0.15, -0.1) is 0 Å². The Morgan fingerprint density at radius 3 is 2.20 bits per heavy atom. The first-order chi connectivity index (χ1) is 7.22. The summed E-state index contributed by atoms with van der Waals surface area (Å²) in [6.45, 7) is 5.53. The molecule has 0 spiro atoms. The number of rotatable bonds is 3. The third kappa shape index (κ3) is 5.67. The van der Waals surface area contributed by atoms with Crippen LogP contribution in [0.1, 0.15) is 26.3 Å². The van der Waals surface area contributed by atoms with Gasteiger partial charge >= 0.3 is 5.97 Å². The second-order valence-electron chi connectivity index (χ2n) is 2.50. The molecule has 0 atom stereocenters. The fraction of sp³-hybridized carbons (Fsp3) is 0.364. The average molecular weight is 214 g/mol. The summed E-state index contributed by atoms with van der Waals surface area (Å²) in [5, 5.41) is 0. The maximum absolute atomic E-state index is 11.6. The largest absolute Gasteiger partial charge is 0.461 e. The minimum atomic E-state index is -0.342. The molecule has 0 saturated heterocycles. The number of carbonyl (C=O) groups is 1. The fourth-order valence-electron chi connectivity index (χ4n) is 0.822. The second kappa shape index (κ2) is 7.79. The predicted octanol–water partition coefficient (Wildman–Crippen LogP) is 3.04. The molecule has 0 saturated carbocycles. The Morgan fingerprint density at radius 2 is 1.80 bits per heavy atom. The summed E-state index contributed by atoms with van der Waals surface area (Å²) in [6.07, 6.45) is 0. The van der Waals surface area contributed by atoms with E-state index < -0.39 is 0 Å². The molecule has 0 unspecified atom stereocenters. The van der Waals surface area contributed by atoms with Gasteiger partial charge in [-0.25, -0.2) is 0 Å². The molecular weight excluding hydrogens is 199 g/mol. The van der Waals surface area contributed by atoms with Crippen LogP contribution in [-0.4, -0.2) is 5.97 Å². The number of benzene rings is 1. The Bertz CT molecular complexity index is 282. The number of hydrogen-bond acceptors (Lipinski definition) is 3. The van der Waals surface area contributed by atoms with Crippen LogP contribution in [0.15, 0.2) is 24.3 Å². The third-order valence-corrected chi connectivity index (χ3v) is 1.45. The zero-order chi connectivity index (χ0) is 11.7. The highest BCUT2D eigenvalue weighted by Gasteiger charge is 1.97. The second-order valence-corrected chi connectivity index (χ2v) is 2.50. The summed E-state index contributed by atoms with van der Waals surface area (Å²) in [4.78, 5) is 13.9. The Labute approximate surface area is 88.7 Å². The number of carbonyl (C=O) groups excluding carboxylic acids is 1. The van der Waals surface area contributed by atoms with Crippen LogP contribution in [0.25, 0.3) is 0 Å². The maximum atomic E-state index is 11.6. The van der Waals surface area contributed by atoms with Crippen molar-refractivity contribution >= 4 is 5.97 Å². The highest BCUT2D eigenvalue weighted by Crippen LogP contribution is 2.12. The first kappa shape index (κ1) is 13.4. The number of hydrogen-bond donors (Lipinski definition) is 0. The maximum Gasteiger partial charge on any atom is 0.302 e.